The minimum Gasteiger partial charge on any atom is -0.386 e. The van der Waals surface area contributed by atoms with Crippen LogP contribution in [0.2, 0.25) is 0 Å². The first kappa shape index (κ1) is 18.9. The fourth-order valence-electron chi connectivity index (χ4n) is 4.25. The van der Waals surface area contributed by atoms with Gasteiger partial charge in [-0.15, -0.1) is 0 Å². The van der Waals surface area contributed by atoms with E-state index in [4.69, 9.17) is 22.3 Å². The molecular weight excluding hydrogens is 300 g/mol. The zero-order chi connectivity index (χ0) is 17.8. The first-order valence-electron chi connectivity index (χ1n) is 9.43. The predicted octanol–water partition coefficient (Wildman–Crippen LogP) is 3.99. The maximum absolute atomic E-state index is 8.08. The van der Waals surface area contributed by atoms with E-state index in [1.165, 1.54) is 12.8 Å². The highest BCUT2D eigenvalue weighted by molar-refractivity contribution is 5.88. The van der Waals surface area contributed by atoms with Crippen molar-refractivity contribution in [2.45, 2.75) is 89.1 Å². The maximum atomic E-state index is 8.08. The van der Waals surface area contributed by atoms with Crippen LogP contribution in [0.1, 0.15) is 78.1 Å². The fourth-order valence-corrected chi connectivity index (χ4v) is 4.25. The molecule has 6 heteroatoms. The van der Waals surface area contributed by atoms with Gasteiger partial charge in [-0.1, -0.05) is 38.5 Å². The van der Waals surface area contributed by atoms with Crippen molar-refractivity contribution in [1.82, 2.24) is 0 Å². The second kappa shape index (κ2) is 7.62. The molecule has 0 amide bonds. The summed E-state index contributed by atoms with van der Waals surface area (Å²) < 4.78 is 0. The van der Waals surface area contributed by atoms with Gasteiger partial charge in [0.15, 0.2) is 0 Å². The molecule has 0 aromatic rings. The molecule has 0 spiro atoms. The van der Waals surface area contributed by atoms with Crippen molar-refractivity contribution in [2.75, 3.05) is 0 Å². The number of azo groups is 1. The van der Waals surface area contributed by atoms with Gasteiger partial charge in [-0.25, -0.2) is 0 Å². The van der Waals surface area contributed by atoms with E-state index in [1.54, 1.807) is 0 Å². The Balaban J connectivity index is 2.26. The average molecular weight is 335 g/mol. The van der Waals surface area contributed by atoms with Crippen LogP contribution in [-0.2, 0) is 0 Å². The van der Waals surface area contributed by atoms with E-state index in [9.17, 15) is 0 Å². The molecule has 0 aliphatic heterocycles. The number of hydrogen-bond donors (Lipinski definition) is 4. The van der Waals surface area contributed by atoms with Gasteiger partial charge in [-0.2, -0.15) is 10.2 Å². The summed E-state index contributed by atoms with van der Waals surface area (Å²) >= 11 is 0. The van der Waals surface area contributed by atoms with E-state index >= 15 is 0 Å². The second-order valence-corrected chi connectivity index (χ2v) is 7.99. The third-order valence-corrected chi connectivity index (χ3v) is 6.36. The van der Waals surface area contributed by atoms with Crippen molar-refractivity contribution in [3.63, 3.8) is 0 Å². The lowest BCUT2D eigenvalue weighted by Gasteiger charge is -2.38. The molecule has 2 fully saturated rings. The summed E-state index contributed by atoms with van der Waals surface area (Å²) in [6.45, 7) is 3.85. The van der Waals surface area contributed by atoms with Gasteiger partial charge in [0.05, 0.1) is 0 Å². The number of hydrogen-bond acceptors (Lipinski definition) is 4. The zero-order valence-electron chi connectivity index (χ0n) is 15.3. The first-order valence-corrected chi connectivity index (χ1v) is 9.43. The molecule has 0 radical (unpaired) electrons. The van der Waals surface area contributed by atoms with Crippen molar-refractivity contribution < 1.29 is 0 Å². The summed E-state index contributed by atoms with van der Waals surface area (Å²) in [5, 5.41) is 25.4. The summed E-state index contributed by atoms with van der Waals surface area (Å²) in [5.74, 6) is 0.672. The van der Waals surface area contributed by atoms with Gasteiger partial charge in [-0.3, -0.25) is 10.8 Å². The molecule has 6 nitrogen and oxygen atoms in total. The van der Waals surface area contributed by atoms with Crippen molar-refractivity contribution in [2.24, 2.45) is 33.5 Å². The van der Waals surface area contributed by atoms with Gasteiger partial charge in [0, 0.05) is 0 Å². The lowest BCUT2D eigenvalue weighted by atomic mass is 9.74. The topological polar surface area (TPSA) is 124 Å². The summed E-state index contributed by atoms with van der Waals surface area (Å²) in [4.78, 5) is 0. The SMILES string of the molecule is CC(N=NC(C)(C(=N)N)C1CCCCC1)(C(=N)N)C1CCCCC1. The summed E-state index contributed by atoms with van der Waals surface area (Å²) in [6.07, 6.45) is 11.3. The third kappa shape index (κ3) is 3.78. The van der Waals surface area contributed by atoms with Gasteiger partial charge < -0.3 is 11.5 Å². The normalized spacial score (nSPS) is 25.9. The number of amidine groups is 2. The number of nitrogens with two attached hydrogens (primary N) is 2. The molecule has 0 heterocycles. The van der Waals surface area contributed by atoms with Gasteiger partial charge in [0.2, 0.25) is 0 Å². The summed E-state index contributed by atoms with van der Waals surface area (Å²) in [7, 11) is 0. The monoisotopic (exact) mass is 334 g/mol. The van der Waals surface area contributed by atoms with E-state index in [0.717, 1.165) is 51.4 Å². The minimum absolute atomic E-state index is 0.0766. The van der Waals surface area contributed by atoms with Crippen LogP contribution in [0.3, 0.4) is 0 Å². The highest BCUT2D eigenvalue weighted by Gasteiger charge is 2.42. The zero-order valence-corrected chi connectivity index (χ0v) is 15.3. The van der Waals surface area contributed by atoms with Gasteiger partial charge in [0.25, 0.3) is 0 Å². The molecule has 2 aliphatic rings. The van der Waals surface area contributed by atoms with Crippen molar-refractivity contribution in [1.29, 1.82) is 10.8 Å². The lowest BCUT2D eigenvalue weighted by Crippen LogP contribution is -2.49. The molecule has 0 aromatic heterocycles. The van der Waals surface area contributed by atoms with Crippen molar-refractivity contribution >= 4 is 11.7 Å². The fraction of sp³-hybridized carbons (Fsp3) is 0.889. The third-order valence-electron chi connectivity index (χ3n) is 6.36. The van der Waals surface area contributed by atoms with Crippen molar-refractivity contribution in [3.8, 4) is 0 Å². The van der Waals surface area contributed by atoms with Crippen LogP contribution in [0.4, 0.5) is 0 Å². The molecule has 2 aliphatic carbocycles. The van der Waals surface area contributed by atoms with E-state index in [-0.39, 0.29) is 23.5 Å². The van der Waals surface area contributed by atoms with Crippen LogP contribution in [0.5, 0.6) is 0 Å². The van der Waals surface area contributed by atoms with E-state index in [1.807, 2.05) is 13.8 Å². The van der Waals surface area contributed by atoms with Gasteiger partial charge >= 0.3 is 0 Å². The Labute approximate surface area is 145 Å². The minimum atomic E-state index is -0.772. The second-order valence-electron chi connectivity index (χ2n) is 7.99. The van der Waals surface area contributed by atoms with E-state index < -0.39 is 11.1 Å². The molecule has 24 heavy (non-hydrogen) atoms. The lowest BCUT2D eigenvalue weighted by molar-refractivity contribution is 0.241. The highest BCUT2D eigenvalue weighted by atomic mass is 15.2. The Morgan fingerprint density at radius 3 is 1.25 bits per heavy atom. The molecular formula is C18H34N6. The van der Waals surface area contributed by atoms with E-state index in [2.05, 4.69) is 10.2 Å². The molecule has 2 atom stereocenters. The quantitative estimate of drug-likeness (QED) is 0.333. The van der Waals surface area contributed by atoms with Crippen molar-refractivity contribution in [3.05, 3.63) is 0 Å². The van der Waals surface area contributed by atoms with E-state index in [0.29, 0.717) is 0 Å². The highest BCUT2D eigenvalue weighted by Crippen LogP contribution is 2.39. The Bertz CT molecular complexity index is 446. The summed E-state index contributed by atoms with van der Waals surface area (Å²) in [6, 6.07) is 0. The number of nitrogens with zero attached hydrogens (tertiary/aromatic N) is 2. The molecule has 136 valence electrons. The Kier molecular flexibility index (Phi) is 5.99. The Morgan fingerprint density at radius 1 is 0.708 bits per heavy atom. The first-order chi connectivity index (χ1) is 11.3. The molecule has 2 rings (SSSR count). The standard InChI is InChI=1S/C18H34N6/c1-17(15(19)20,13-9-5-3-6-10-13)23-24-18(2,16(21)22)14-11-7-4-8-12-14/h13-14H,3-12H2,1-2H3,(H3,19,20)(H3,21,22). The Morgan fingerprint density at radius 2 is 1.00 bits per heavy atom. The van der Waals surface area contributed by atoms with Crippen LogP contribution in [-0.4, -0.2) is 22.7 Å². The number of nitrogens with one attached hydrogen (secondary N) is 2. The predicted molar refractivity (Wildman–Crippen MR) is 98.6 cm³/mol. The van der Waals surface area contributed by atoms with Crippen LogP contribution < -0.4 is 11.5 Å². The van der Waals surface area contributed by atoms with Gasteiger partial charge in [0.1, 0.15) is 22.7 Å². The summed E-state index contributed by atoms with van der Waals surface area (Å²) in [5.41, 5.74) is 10.3. The van der Waals surface area contributed by atoms with Crippen LogP contribution in [0.25, 0.3) is 0 Å². The Hall–Kier alpha value is -1.46. The molecule has 0 bridgehead atoms. The molecule has 2 saturated carbocycles. The van der Waals surface area contributed by atoms with Gasteiger partial charge in [-0.05, 0) is 51.4 Å². The molecule has 2 unspecified atom stereocenters. The van der Waals surface area contributed by atoms with Crippen LogP contribution in [0, 0.1) is 22.7 Å². The smallest absolute Gasteiger partial charge is 0.138 e. The molecule has 6 N–H and O–H groups in total. The largest absolute Gasteiger partial charge is 0.386 e. The molecule has 0 aromatic carbocycles. The molecule has 0 saturated heterocycles. The number of rotatable bonds is 6. The van der Waals surface area contributed by atoms with Crippen LogP contribution >= 0.6 is 0 Å². The average Bonchev–Trinajstić information content (AvgIpc) is 2.60. The van der Waals surface area contributed by atoms with Crippen LogP contribution in [0.15, 0.2) is 10.2 Å². The maximum Gasteiger partial charge on any atom is 0.138 e.